The minimum atomic E-state index is -0.558. The van der Waals surface area contributed by atoms with E-state index in [0.29, 0.717) is 35.8 Å². The second-order valence-electron chi connectivity index (χ2n) is 9.25. The molecule has 1 heterocycles. The standard InChI is InChI=1S/C27H30Cl2N2O4/c1-27(2,3)35-26(33)19-11-9-18(10-12-19)13-14-31-24(22(28)16-23(29)25(31)32)17-30(4)20-7-6-8-21(15-20)34-5/h6-12,15-16H,13-14,17H2,1-5H3. The first-order valence-corrected chi connectivity index (χ1v) is 12.0. The van der Waals surface area contributed by atoms with Gasteiger partial charge in [-0.25, -0.2) is 4.79 Å². The summed E-state index contributed by atoms with van der Waals surface area (Å²) in [7, 11) is 3.54. The third-order valence-corrected chi connectivity index (χ3v) is 6.00. The van der Waals surface area contributed by atoms with Crippen molar-refractivity contribution in [2.45, 2.75) is 45.9 Å². The van der Waals surface area contributed by atoms with Gasteiger partial charge in [0.25, 0.3) is 5.56 Å². The minimum Gasteiger partial charge on any atom is -0.497 e. The van der Waals surface area contributed by atoms with Crippen molar-refractivity contribution in [2.75, 3.05) is 19.1 Å². The quantitative estimate of drug-likeness (QED) is 0.343. The topological polar surface area (TPSA) is 60.8 Å². The fourth-order valence-electron chi connectivity index (χ4n) is 3.58. The molecule has 3 rings (SSSR count). The second kappa shape index (κ2) is 11.2. The Kier molecular flexibility index (Phi) is 8.51. The summed E-state index contributed by atoms with van der Waals surface area (Å²) in [4.78, 5) is 27.2. The van der Waals surface area contributed by atoms with Crippen LogP contribution < -0.4 is 15.2 Å². The molecule has 0 fully saturated rings. The summed E-state index contributed by atoms with van der Waals surface area (Å²) in [6.45, 7) is 6.27. The van der Waals surface area contributed by atoms with E-state index in [1.54, 1.807) is 23.8 Å². The molecule has 2 aromatic carbocycles. The summed E-state index contributed by atoms with van der Waals surface area (Å²) in [5.74, 6) is 0.369. The van der Waals surface area contributed by atoms with E-state index in [2.05, 4.69) is 0 Å². The molecule has 0 bridgehead atoms. The maximum Gasteiger partial charge on any atom is 0.338 e. The van der Waals surface area contributed by atoms with Crippen LogP contribution in [0.2, 0.25) is 10.0 Å². The molecule has 0 aliphatic heterocycles. The van der Waals surface area contributed by atoms with E-state index in [0.717, 1.165) is 17.0 Å². The Labute approximate surface area is 216 Å². The van der Waals surface area contributed by atoms with E-state index in [4.69, 9.17) is 32.7 Å². The van der Waals surface area contributed by atoms with Gasteiger partial charge in [-0.2, -0.15) is 0 Å². The van der Waals surface area contributed by atoms with Crippen LogP contribution in [0.3, 0.4) is 0 Å². The van der Waals surface area contributed by atoms with Crippen LogP contribution in [-0.4, -0.2) is 30.3 Å². The Morgan fingerprint density at radius 2 is 1.71 bits per heavy atom. The zero-order valence-corrected chi connectivity index (χ0v) is 22.1. The highest BCUT2D eigenvalue weighted by Gasteiger charge is 2.18. The van der Waals surface area contributed by atoms with Crippen molar-refractivity contribution in [1.82, 2.24) is 4.57 Å². The molecule has 35 heavy (non-hydrogen) atoms. The number of esters is 1. The number of nitrogens with zero attached hydrogens (tertiary/aromatic N) is 2. The minimum absolute atomic E-state index is 0.0723. The lowest BCUT2D eigenvalue weighted by atomic mass is 10.1. The number of anilines is 1. The molecule has 0 aliphatic rings. The van der Waals surface area contributed by atoms with Gasteiger partial charge in [-0.05, 0) is 63.1 Å². The number of benzene rings is 2. The maximum atomic E-state index is 12.9. The molecule has 0 aliphatic carbocycles. The molecular formula is C27H30Cl2N2O4. The highest BCUT2D eigenvalue weighted by Crippen LogP contribution is 2.25. The second-order valence-corrected chi connectivity index (χ2v) is 10.1. The summed E-state index contributed by atoms with van der Waals surface area (Å²) in [5, 5.41) is 0.493. The monoisotopic (exact) mass is 516 g/mol. The Bertz CT molecular complexity index is 1250. The number of carbonyl (C=O) groups is 1. The molecule has 0 amide bonds. The molecule has 8 heteroatoms. The van der Waals surface area contributed by atoms with Crippen molar-refractivity contribution in [3.05, 3.63) is 91.8 Å². The van der Waals surface area contributed by atoms with Crippen LogP contribution in [0, 0.1) is 0 Å². The van der Waals surface area contributed by atoms with E-state index in [-0.39, 0.29) is 16.6 Å². The van der Waals surface area contributed by atoms with Gasteiger partial charge in [0, 0.05) is 25.3 Å². The largest absolute Gasteiger partial charge is 0.497 e. The molecule has 6 nitrogen and oxygen atoms in total. The zero-order chi connectivity index (χ0) is 25.8. The number of pyridine rings is 1. The molecule has 3 aromatic rings. The van der Waals surface area contributed by atoms with Crippen molar-refractivity contribution in [2.24, 2.45) is 0 Å². The number of aromatic nitrogens is 1. The SMILES string of the molecule is COc1cccc(N(C)Cc2c(Cl)cc(Cl)c(=O)n2CCc2ccc(C(=O)OC(C)(C)C)cc2)c1. The van der Waals surface area contributed by atoms with Crippen molar-refractivity contribution in [1.29, 1.82) is 0 Å². The third kappa shape index (κ3) is 7.03. The molecule has 0 radical (unpaired) electrons. The van der Waals surface area contributed by atoms with E-state index in [1.807, 2.05) is 69.1 Å². The Morgan fingerprint density at radius 1 is 1.03 bits per heavy atom. The first-order valence-electron chi connectivity index (χ1n) is 11.2. The number of carbonyl (C=O) groups excluding carboxylic acids is 1. The fraction of sp³-hybridized carbons (Fsp3) is 0.333. The van der Waals surface area contributed by atoms with Crippen molar-refractivity contribution < 1.29 is 14.3 Å². The van der Waals surface area contributed by atoms with Crippen molar-refractivity contribution in [3.8, 4) is 5.75 Å². The average molecular weight is 517 g/mol. The average Bonchev–Trinajstić information content (AvgIpc) is 2.81. The first-order chi connectivity index (χ1) is 16.5. The fourth-order valence-corrected chi connectivity index (χ4v) is 4.12. The predicted molar refractivity (Wildman–Crippen MR) is 141 cm³/mol. The lowest BCUT2D eigenvalue weighted by Gasteiger charge is -2.23. The summed E-state index contributed by atoms with van der Waals surface area (Å²) in [6.07, 6.45) is 0.557. The van der Waals surface area contributed by atoms with Gasteiger partial charge in [0.15, 0.2) is 0 Å². The van der Waals surface area contributed by atoms with Gasteiger partial charge >= 0.3 is 5.97 Å². The number of halogens is 2. The molecular weight excluding hydrogens is 487 g/mol. The summed E-state index contributed by atoms with van der Waals surface area (Å²) in [6, 6.07) is 16.3. The molecule has 186 valence electrons. The number of hydrogen-bond donors (Lipinski definition) is 0. The Balaban J connectivity index is 1.80. The number of hydrogen-bond acceptors (Lipinski definition) is 5. The highest BCUT2D eigenvalue weighted by molar-refractivity contribution is 6.34. The lowest BCUT2D eigenvalue weighted by molar-refractivity contribution is 0.00695. The summed E-state index contributed by atoms with van der Waals surface area (Å²) >= 11 is 12.7. The maximum absolute atomic E-state index is 12.9. The predicted octanol–water partition coefficient (Wildman–Crippen LogP) is 6.00. The van der Waals surface area contributed by atoms with Crippen LogP contribution in [0.25, 0.3) is 0 Å². The van der Waals surface area contributed by atoms with E-state index < -0.39 is 5.60 Å². The lowest BCUT2D eigenvalue weighted by Crippen LogP contribution is -2.29. The molecule has 0 spiro atoms. The van der Waals surface area contributed by atoms with Crippen LogP contribution in [0.4, 0.5) is 5.69 Å². The van der Waals surface area contributed by atoms with E-state index in [1.165, 1.54) is 6.07 Å². The Morgan fingerprint density at radius 3 is 2.34 bits per heavy atom. The molecule has 0 unspecified atom stereocenters. The molecule has 0 atom stereocenters. The van der Waals surface area contributed by atoms with Gasteiger partial charge in [0.1, 0.15) is 16.4 Å². The third-order valence-electron chi connectivity index (χ3n) is 5.40. The summed E-state index contributed by atoms with van der Waals surface area (Å²) < 4.78 is 12.3. The smallest absolute Gasteiger partial charge is 0.338 e. The van der Waals surface area contributed by atoms with Crippen molar-refractivity contribution >= 4 is 34.9 Å². The number of aryl methyl sites for hydroxylation is 1. The van der Waals surface area contributed by atoms with Gasteiger partial charge in [-0.1, -0.05) is 41.4 Å². The van der Waals surface area contributed by atoms with Crippen LogP contribution in [-0.2, 0) is 24.2 Å². The van der Waals surface area contributed by atoms with Gasteiger partial charge in [0.05, 0.1) is 29.9 Å². The zero-order valence-electron chi connectivity index (χ0n) is 20.6. The molecule has 0 saturated heterocycles. The van der Waals surface area contributed by atoms with E-state index in [9.17, 15) is 9.59 Å². The van der Waals surface area contributed by atoms with Crippen LogP contribution >= 0.6 is 23.2 Å². The number of rotatable bonds is 8. The van der Waals surface area contributed by atoms with Gasteiger partial charge in [-0.15, -0.1) is 0 Å². The van der Waals surface area contributed by atoms with Gasteiger partial charge in [0.2, 0.25) is 0 Å². The summed E-state index contributed by atoms with van der Waals surface area (Å²) in [5.41, 5.74) is 2.18. The molecule has 0 saturated carbocycles. The van der Waals surface area contributed by atoms with Crippen LogP contribution in [0.5, 0.6) is 5.75 Å². The van der Waals surface area contributed by atoms with Gasteiger partial charge in [-0.3, -0.25) is 4.79 Å². The van der Waals surface area contributed by atoms with Crippen LogP contribution in [0.15, 0.2) is 59.4 Å². The first kappa shape index (κ1) is 26.6. The number of ether oxygens (including phenoxy) is 2. The Hall–Kier alpha value is -2.96. The van der Waals surface area contributed by atoms with Gasteiger partial charge < -0.3 is 18.9 Å². The van der Waals surface area contributed by atoms with E-state index >= 15 is 0 Å². The normalized spacial score (nSPS) is 11.3. The highest BCUT2D eigenvalue weighted by atomic mass is 35.5. The number of methoxy groups -OCH3 is 1. The molecule has 1 aromatic heterocycles. The van der Waals surface area contributed by atoms with Crippen molar-refractivity contribution in [3.63, 3.8) is 0 Å². The van der Waals surface area contributed by atoms with Crippen LogP contribution in [0.1, 0.15) is 42.4 Å². The molecule has 0 N–H and O–H groups in total.